The number of hydrogen-bond acceptors (Lipinski definition) is 5. The first-order valence-corrected chi connectivity index (χ1v) is 8.01. The van der Waals surface area contributed by atoms with Crippen LogP contribution in [0, 0.1) is 0 Å². The number of rotatable bonds is 4. The van der Waals surface area contributed by atoms with Crippen LogP contribution in [0.25, 0.3) is 10.2 Å². The van der Waals surface area contributed by atoms with Crippen molar-refractivity contribution < 1.29 is 9.59 Å². The summed E-state index contributed by atoms with van der Waals surface area (Å²) in [6.07, 6.45) is 1.37. The van der Waals surface area contributed by atoms with Crippen LogP contribution in [0.5, 0.6) is 0 Å². The molecule has 2 amide bonds. The second-order valence-corrected chi connectivity index (χ2v) is 5.93. The van der Waals surface area contributed by atoms with Gasteiger partial charge >= 0.3 is 0 Å². The molecule has 0 radical (unpaired) electrons. The Morgan fingerprint density at radius 3 is 2.67 bits per heavy atom. The molecule has 0 aliphatic rings. The zero-order valence-corrected chi connectivity index (χ0v) is 13.6. The van der Waals surface area contributed by atoms with Crippen molar-refractivity contribution in [3.8, 4) is 0 Å². The highest BCUT2D eigenvalue weighted by Crippen LogP contribution is 2.13. The molecule has 24 heavy (non-hydrogen) atoms. The van der Waals surface area contributed by atoms with Crippen LogP contribution >= 0.6 is 11.3 Å². The van der Waals surface area contributed by atoms with Gasteiger partial charge in [-0.1, -0.05) is 0 Å². The summed E-state index contributed by atoms with van der Waals surface area (Å²) in [5, 5.41) is 7.00. The number of benzene rings is 1. The van der Waals surface area contributed by atoms with E-state index in [2.05, 4.69) is 15.6 Å². The zero-order valence-electron chi connectivity index (χ0n) is 12.8. The van der Waals surface area contributed by atoms with Gasteiger partial charge in [0, 0.05) is 18.3 Å². The maximum absolute atomic E-state index is 12.2. The predicted molar refractivity (Wildman–Crippen MR) is 92.3 cm³/mol. The number of carbonyl (C=O) groups excluding carboxylic acids is 2. The van der Waals surface area contributed by atoms with Crippen molar-refractivity contribution in [3.63, 3.8) is 0 Å². The van der Waals surface area contributed by atoms with Gasteiger partial charge in [-0.15, -0.1) is 11.3 Å². The fourth-order valence-electron chi connectivity index (χ4n) is 2.20. The molecule has 3 aromatic rings. The number of carbonyl (C=O) groups is 2. The Balaban J connectivity index is 1.71. The Bertz CT molecular complexity index is 959. The summed E-state index contributed by atoms with van der Waals surface area (Å²) in [6.45, 7) is -0.128. The summed E-state index contributed by atoms with van der Waals surface area (Å²) in [7, 11) is 1.55. The Morgan fingerprint density at radius 1 is 1.21 bits per heavy atom. The molecule has 0 bridgehead atoms. The van der Waals surface area contributed by atoms with Gasteiger partial charge in [0.25, 0.3) is 11.5 Å². The van der Waals surface area contributed by atoms with Gasteiger partial charge in [-0.25, -0.2) is 4.98 Å². The predicted octanol–water partition coefficient (Wildman–Crippen LogP) is 1.46. The van der Waals surface area contributed by atoms with Crippen LogP contribution in [0.4, 0.5) is 5.69 Å². The third kappa shape index (κ3) is 3.18. The van der Waals surface area contributed by atoms with E-state index >= 15 is 0 Å². The van der Waals surface area contributed by atoms with Crippen molar-refractivity contribution in [3.05, 3.63) is 58.0 Å². The molecule has 0 aliphatic heterocycles. The van der Waals surface area contributed by atoms with E-state index in [1.807, 2.05) is 0 Å². The van der Waals surface area contributed by atoms with Crippen molar-refractivity contribution in [1.29, 1.82) is 0 Å². The number of nitrogens with zero attached hydrogens (tertiary/aromatic N) is 2. The Hall–Kier alpha value is -3.00. The van der Waals surface area contributed by atoms with E-state index < -0.39 is 0 Å². The van der Waals surface area contributed by atoms with Crippen molar-refractivity contribution >= 4 is 39.1 Å². The number of nitrogens with one attached hydrogen (secondary N) is 2. The smallest absolute Gasteiger partial charge is 0.271 e. The van der Waals surface area contributed by atoms with Crippen LogP contribution in [-0.4, -0.2) is 28.4 Å². The Kier molecular flexibility index (Phi) is 4.39. The Labute approximate surface area is 141 Å². The topological polar surface area (TPSA) is 93.1 Å². The first kappa shape index (κ1) is 15.9. The highest BCUT2D eigenvalue weighted by molar-refractivity contribution is 7.17. The van der Waals surface area contributed by atoms with Gasteiger partial charge in [0.2, 0.25) is 5.91 Å². The number of fused-ring (bicyclic) bond motifs is 1. The minimum absolute atomic E-state index is 0.128. The largest absolute Gasteiger partial charge is 0.355 e. The van der Waals surface area contributed by atoms with Crippen molar-refractivity contribution in [1.82, 2.24) is 14.9 Å². The molecular formula is C16H14N4O3S. The third-order valence-corrected chi connectivity index (χ3v) is 4.30. The molecule has 0 atom stereocenters. The average molecular weight is 342 g/mol. The third-order valence-electron chi connectivity index (χ3n) is 3.41. The standard InChI is InChI=1S/C16H14N4O3S/c1-17-15(22)10-2-4-11(5-3-10)19-13(21)8-20-9-18-12-6-7-24-14(12)16(20)23/h2-7,9H,8H2,1H3,(H,17,22)(H,19,21). The lowest BCUT2D eigenvalue weighted by Crippen LogP contribution is -2.27. The van der Waals surface area contributed by atoms with Gasteiger partial charge in [0.1, 0.15) is 11.2 Å². The van der Waals surface area contributed by atoms with E-state index in [1.54, 1.807) is 42.8 Å². The average Bonchev–Trinajstić information content (AvgIpc) is 3.07. The van der Waals surface area contributed by atoms with Crippen LogP contribution in [0.1, 0.15) is 10.4 Å². The number of amides is 2. The molecule has 7 nitrogen and oxygen atoms in total. The van der Waals surface area contributed by atoms with E-state index in [0.29, 0.717) is 21.5 Å². The molecule has 0 aliphatic carbocycles. The lowest BCUT2D eigenvalue weighted by atomic mass is 10.2. The van der Waals surface area contributed by atoms with E-state index in [1.165, 1.54) is 22.2 Å². The molecule has 0 fully saturated rings. The first-order chi connectivity index (χ1) is 11.6. The SMILES string of the molecule is CNC(=O)c1ccc(NC(=O)Cn2cnc3ccsc3c2=O)cc1. The molecule has 0 saturated heterocycles. The summed E-state index contributed by atoms with van der Waals surface area (Å²) >= 11 is 1.30. The minimum atomic E-state index is -0.345. The Morgan fingerprint density at radius 2 is 1.96 bits per heavy atom. The van der Waals surface area contributed by atoms with Crippen molar-refractivity contribution in [2.45, 2.75) is 6.54 Å². The monoisotopic (exact) mass is 342 g/mol. The van der Waals surface area contributed by atoms with Crippen LogP contribution in [0.15, 0.2) is 46.8 Å². The molecular weight excluding hydrogens is 328 g/mol. The molecule has 0 spiro atoms. The summed E-state index contributed by atoms with van der Waals surface area (Å²) < 4.78 is 1.80. The lowest BCUT2D eigenvalue weighted by molar-refractivity contribution is -0.116. The molecule has 1 aromatic carbocycles. The highest BCUT2D eigenvalue weighted by Gasteiger charge is 2.10. The molecule has 122 valence electrons. The first-order valence-electron chi connectivity index (χ1n) is 7.13. The van der Waals surface area contributed by atoms with E-state index in [0.717, 1.165) is 0 Å². The van der Waals surface area contributed by atoms with Gasteiger partial charge in [-0.2, -0.15) is 0 Å². The normalized spacial score (nSPS) is 10.5. The molecule has 2 N–H and O–H groups in total. The van der Waals surface area contributed by atoms with Crippen LogP contribution in [0.3, 0.4) is 0 Å². The molecule has 3 rings (SSSR count). The summed E-state index contributed by atoms with van der Waals surface area (Å²) in [5.41, 5.74) is 1.44. The molecule has 2 aromatic heterocycles. The summed E-state index contributed by atoms with van der Waals surface area (Å²) in [6, 6.07) is 8.25. The van der Waals surface area contributed by atoms with E-state index in [9.17, 15) is 14.4 Å². The van der Waals surface area contributed by atoms with Gasteiger partial charge in [0.05, 0.1) is 11.8 Å². The zero-order chi connectivity index (χ0) is 17.1. The molecule has 8 heteroatoms. The molecule has 2 heterocycles. The number of anilines is 1. The van der Waals surface area contributed by atoms with Crippen molar-refractivity contribution in [2.24, 2.45) is 0 Å². The fourth-order valence-corrected chi connectivity index (χ4v) is 2.99. The number of hydrogen-bond donors (Lipinski definition) is 2. The maximum Gasteiger partial charge on any atom is 0.271 e. The molecule has 0 saturated carbocycles. The second-order valence-electron chi connectivity index (χ2n) is 5.02. The van der Waals surface area contributed by atoms with Crippen LogP contribution in [0.2, 0.25) is 0 Å². The highest BCUT2D eigenvalue weighted by atomic mass is 32.1. The number of aromatic nitrogens is 2. The van der Waals surface area contributed by atoms with Gasteiger partial charge in [-0.3, -0.25) is 19.0 Å². The van der Waals surface area contributed by atoms with Gasteiger partial charge in [-0.05, 0) is 35.7 Å². The van der Waals surface area contributed by atoms with E-state index in [-0.39, 0.29) is 23.9 Å². The minimum Gasteiger partial charge on any atom is -0.355 e. The quantitative estimate of drug-likeness (QED) is 0.751. The van der Waals surface area contributed by atoms with Crippen LogP contribution in [-0.2, 0) is 11.3 Å². The van der Waals surface area contributed by atoms with Gasteiger partial charge in [0.15, 0.2) is 0 Å². The molecule has 0 unspecified atom stereocenters. The maximum atomic E-state index is 12.2. The van der Waals surface area contributed by atoms with Gasteiger partial charge < -0.3 is 10.6 Å². The van der Waals surface area contributed by atoms with Crippen LogP contribution < -0.4 is 16.2 Å². The fraction of sp³-hybridized carbons (Fsp3) is 0.125. The second kappa shape index (κ2) is 6.63. The summed E-state index contributed by atoms with van der Waals surface area (Å²) in [5.74, 6) is -0.544. The van der Waals surface area contributed by atoms with Crippen molar-refractivity contribution in [2.75, 3.05) is 12.4 Å². The lowest BCUT2D eigenvalue weighted by Gasteiger charge is -2.08. The van der Waals surface area contributed by atoms with E-state index in [4.69, 9.17) is 0 Å². The summed E-state index contributed by atoms with van der Waals surface area (Å²) in [4.78, 5) is 40.0. The number of thiophene rings is 1.